The lowest BCUT2D eigenvalue weighted by Crippen LogP contribution is -2.17. The molecule has 0 bridgehead atoms. The second kappa shape index (κ2) is 7.28. The Bertz CT molecular complexity index is 333. The van der Waals surface area contributed by atoms with Crippen LogP contribution in [0, 0.1) is 0 Å². The molecule has 1 N–H and O–H groups in total. The van der Waals surface area contributed by atoms with Crippen LogP contribution in [-0.2, 0) is 4.74 Å². The molecule has 0 aromatic heterocycles. The van der Waals surface area contributed by atoms with Crippen molar-refractivity contribution in [3.8, 4) is 0 Å². The molecule has 0 aliphatic rings. The summed E-state index contributed by atoms with van der Waals surface area (Å²) in [6.07, 6.45) is 2.03. The lowest BCUT2D eigenvalue weighted by atomic mass is 10.0. The van der Waals surface area contributed by atoms with Gasteiger partial charge in [0.15, 0.2) is 0 Å². The van der Waals surface area contributed by atoms with Gasteiger partial charge in [0, 0.05) is 29.3 Å². The van der Waals surface area contributed by atoms with Gasteiger partial charge in [-0.25, -0.2) is 0 Å². The van der Waals surface area contributed by atoms with E-state index >= 15 is 0 Å². The standard InChI is InChI=1S/C12H17BrClNO/c1-15-12(4-3-7-16-2)10-8-9(13)5-6-11(10)14/h5-6,8,12,15H,3-4,7H2,1-2H3. The monoisotopic (exact) mass is 305 g/mol. The molecule has 1 aromatic rings. The van der Waals surface area contributed by atoms with E-state index in [2.05, 4.69) is 27.3 Å². The SMILES string of the molecule is CNC(CCCOC)c1cc(Br)ccc1Cl. The average Bonchev–Trinajstić information content (AvgIpc) is 2.28. The van der Waals surface area contributed by atoms with Crippen LogP contribution in [0.15, 0.2) is 22.7 Å². The Hall–Kier alpha value is -0.0900. The van der Waals surface area contributed by atoms with E-state index in [1.165, 1.54) is 0 Å². The largest absolute Gasteiger partial charge is 0.385 e. The first-order valence-corrected chi connectivity index (χ1v) is 6.47. The first kappa shape index (κ1) is 14.0. The maximum Gasteiger partial charge on any atom is 0.0462 e. The fourth-order valence-electron chi connectivity index (χ4n) is 1.67. The van der Waals surface area contributed by atoms with Crippen LogP contribution in [-0.4, -0.2) is 20.8 Å². The number of methoxy groups -OCH3 is 1. The Labute approximate surface area is 110 Å². The molecule has 0 amide bonds. The quantitative estimate of drug-likeness (QED) is 0.807. The van der Waals surface area contributed by atoms with Gasteiger partial charge in [0.25, 0.3) is 0 Å². The number of hydrogen-bond acceptors (Lipinski definition) is 2. The molecule has 0 saturated heterocycles. The van der Waals surface area contributed by atoms with Crippen molar-refractivity contribution in [2.45, 2.75) is 18.9 Å². The minimum atomic E-state index is 0.278. The van der Waals surface area contributed by atoms with Crippen LogP contribution < -0.4 is 5.32 Å². The maximum atomic E-state index is 6.19. The van der Waals surface area contributed by atoms with E-state index in [0.717, 1.165) is 34.5 Å². The molecule has 0 radical (unpaired) electrons. The van der Waals surface area contributed by atoms with Gasteiger partial charge in [-0.3, -0.25) is 0 Å². The predicted octanol–water partition coefficient (Wildman–Crippen LogP) is 3.79. The van der Waals surface area contributed by atoms with Crippen molar-refractivity contribution in [1.82, 2.24) is 5.32 Å². The predicted molar refractivity (Wildman–Crippen MR) is 72.1 cm³/mol. The Balaban J connectivity index is 2.73. The minimum Gasteiger partial charge on any atom is -0.385 e. The summed E-state index contributed by atoms with van der Waals surface area (Å²) < 4.78 is 6.11. The van der Waals surface area contributed by atoms with Crippen LogP contribution in [0.4, 0.5) is 0 Å². The molecular weight excluding hydrogens is 289 g/mol. The van der Waals surface area contributed by atoms with E-state index in [9.17, 15) is 0 Å². The van der Waals surface area contributed by atoms with Crippen molar-refractivity contribution in [3.63, 3.8) is 0 Å². The van der Waals surface area contributed by atoms with Gasteiger partial charge in [-0.15, -0.1) is 0 Å². The van der Waals surface area contributed by atoms with Gasteiger partial charge >= 0.3 is 0 Å². The van der Waals surface area contributed by atoms with Crippen molar-refractivity contribution in [1.29, 1.82) is 0 Å². The fourth-order valence-corrected chi connectivity index (χ4v) is 2.30. The smallest absolute Gasteiger partial charge is 0.0462 e. The molecule has 2 nitrogen and oxygen atoms in total. The molecule has 1 atom stereocenters. The number of halogens is 2. The van der Waals surface area contributed by atoms with Crippen molar-refractivity contribution < 1.29 is 4.74 Å². The van der Waals surface area contributed by atoms with E-state index in [1.54, 1.807) is 7.11 Å². The summed E-state index contributed by atoms with van der Waals surface area (Å²) in [5.74, 6) is 0. The average molecular weight is 307 g/mol. The van der Waals surface area contributed by atoms with E-state index in [4.69, 9.17) is 16.3 Å². The Morgan fingerprint density at radius 1 is 1.50 bits per heavy atom. The van der Waals surface area contributed by atoms with Crippen LogP contribution in [0.2, 0.25) is 5.02 Å². The molecule has 0 saturated carbocycles. The van der Waals surface area contributed by atoms with Crippen LogP contribution in [0.25, 0.3) is 0 Å². The number of ether oxygens (including phenoxy) is 1. The zero-order valence-electron chi connectivity index (χ0n) is 9.59. The summed E-state index contributed by atoms with van der Waals surface area (Å²) in [5, 5.41) is 4.09. The molecule has 90 valence electrons. The summed E-state index contributed by atoms with van der Waals surface area (Å²) in [6, 6.07) is 6.21. The van der Waals surface area contributed by atoms with Crippen molar-refractivity contribution in [2.24, 2.45) is 0 Å². The second-order valence-electron chi connectivity index (χ2n) is 3.64. The molecule has 1 unspecified atom stereocenters. The topological polar surface area (TPSA) is 21.3 Å². The normalized spacial score (nSPS) is 12.8. The van der Waals surface area contributed by atoms with Crippen LogP contribution in [0.1, 0.15) is 24.4 Å². The molecule has 4 heteroatoms. The summed E-state index contributed by atoms with van der Waals surface area (Å²) in [7, 11) is 3.68. The third-order valence-electron chi connectivity index (χ3n) is 2.52. The summed E-state index contributed by atoms with van der Waals surface area (Å²) in [5.41, 5.74) is 1.13. The number of benzene rings is 1. The maximum absolute atomic E-state index is 6.19. The van der Waals surface area contributed by atoms with Gasteiger partial charge in [0.05, 0.1) is 0 Å². The zero-order chi connectivity index (χ0) is 12.0. The molecule has 0 fully saturated rings. The number of hydrogen-bond donors (Lipinski definition) is 1. The molecule has 1 rings (SSSR count). The number of nitrogens with one attached hydrogen (secondary N) is 1. The lowest BCUT2D eigenvalue weighted by molar-refractivity contribution is 0.189. The molecule has 0 spiro atoms. The van der Waals surface area contributed by atoms with Crippen molar-refractivity contribution >= 4 is 27.5 Å². The molecule has 0 heterocycles. The van der Waals surface area contributed by atoms with Gasteiger partial charge in [-0.1, -0.05) is 27.5 Å². The Morgan fingerprint density at radius 2 is 2.25 bits per heavy atom. The third-order valence-corrected chi connectivity index (χ3v) is 3.36. The van der Waals surface area contributed by atoms with Gasteiger partial charge in [0.2, 0.25) is 0 Å². The van der Waals surface area contributed by atoms with E-state index < -0.39 is 0 Å². The summed E-state index contributed by atoms with van der Waals surface area (Å²) in [4.78, 5) is 0. The van der Waals surface area contributed by atoms with Crippen LogP contribution in [0.3, 0.4) is 0 Å². The van der Waals surface area contributed by atoms with E-state index in [-0.39, 0.29) is 6.04 Å². The highest BCUT2D eigenvalue weighted by Crippen LogP contribution is 2.28. The first-order chi connectivity index (χ1) is 7.69. The van der Waals surface area contributed by atoms with Crippen molar-refractivity contribution in [3.05, 3.63) is 33.3 Å². The Kier molecular flexibility index (Phi) is 6.36. The molecule has 16 heavy (non-hydrogen) atoms. The highest BCUT2D eigenvalue weighted by Gasteiger charge is 2.12. The summed E-state index contributed by atoms with van der Waals surface area (Å²) in [6.45, 7) is 0.782. The second-order valence-corrected chi connectivity index (χ2v) is 4.96. The number of rotatable bonds is 6. The van der Waals surface area contributed by atoms with E-state index in [0.29, 0.717) is 0 Å². The molecule has 0 aliphatic heterocycles. The van der Waals surface area contributed by atoms with Crippen LogP contribution in [0.5, 0.6) is 0 Å². The van der Waals surface area contributed by atoms with Gasteiger partial charge in [0.1, 0.15) is 0 Å². The fraction of sp³-hybridized carbons (Fsp3) is 0.500. The van der Waals surface area contributed by atoms with Gasteiger partial charge in [-0.2, -0.15) is 0 Å². The third kappa shape index (κ3) is 4.06. The Morgan fingerprint density at radius 3 is 2.88 bits per heavy atom. The molecule has 0 aliphatic carbocycles. The highest BCUT2D eigenvalue weighted by molar-refractivity contribution is 9.10. The molecule has 1 aromatic carbocycles. The minimum absolute atomic E-state index is 0.278. The molecular formula is C12H17BrClNO. The van der Waals surface area contributed by atoms with Gasteiger partial charge < -0.3 is 10.1 Å². The zero-order valence-corrected chi connectivity index (χ0v) is 11.9. The highest BCUT2D eigenvalue weighted by atomic mass is 79.9. The lowest BCUT2D eigenvalue weighted by Gasteiger charge is -2.18. The van der Waals surface area contributed by atoms with E-state index in [1.807, 2.05) is 19.2 Å². The van der Waals surface area contributed by atoms with Crippen LogP contribution >= 0.6 is 27.5 Å². The van der Waals surface area contributed by atoms with Crippen molar-refractivity contribution in [2.75, 3.05) is 20.8 Å². The summed E-state index contributed by atoms with van der Waals surface area (Å²) >= 11 is 9.65. The van der Waals surface area contributed by atoms with Gasteiger partial charge in [-0.05, 0) is 43.7 Å². The first-order valence-electron chi connectivity index (χ1n) is 5.30.